The summed E-state index contributed by atoms with van der Waals surface area (Å²) in [6.45, 7) is 6.24. The largest absolute Gasteiger partial charge is 0.668 e. The molecule has 0 aromatic carbocycles. The minimum atomic E-state index is -0.737. The number of nitrogens with one attached hydrogen (secondary N) is 2. The molecule has 0 aliphatic carbocycles. The van der Waals surface area contributed by atoms with Crippen molar-refractivity contribution in [2.45, 2.75) is 27.7 Å². The van der Waals surface area contributed by atoms with Crippen molar-refractivity contribution in [3.63, 3.8) is 0 Å². The fraction of sp³-hybridized carbons (Fsp3) is 0.636. The fourth-order valence-electron chi connectivity index (χ4n) is 0.783. The average Bonchev–Trinajstić information content (AvgIpc) is 2.26. The summed E-state index contributed by atoms with van der Waals surface area (Å²) >= 11 is 0. The van der Waals surface area contributed by atoms with Gasteiger partial charge < -0.3 is 21.1 Å². The smallest absolute Gasteiger partial charge is 0.207 e. The Morgan fingerprint density at radius 3 is 1.76 bits per heavy atom. The summed E-state index contributed by atoms with van der Waals surface area (Å²) in [5.74, 6) is -2.22. The maximum atomic E-state index is 10.4. The fourth-order valence-corrected chi connectivity index (χ4v) is 0.783. The van der Waals surface area contributed by atoms with Gasteiger partial charge in [0.15, 0.2) is 0 Å². The van der Waals surface area contributed by atoms with Crippen molar-refractivity contribution in [1.82, 2.24) is 0 Å². The van der Waals surface area contributed by atoms with Crippen molar-refractivity contribution in [3.8, 4) is 0 Å². The second-order valence-electron chi connectivity index (χ2n) is 3.95. The molecule has 124 valence electrons. The molecule has 21 heavy (non-hydrogen) atoms. The Morgan fingerprint density at radius 2 is 1.62 bits per heavy atom. The number of nitrogens with zero attached hydrogens (tertiary/aromatic N) is 1. The van der Waals surface area contributed by atoms with Crippen molar-refractivity contribution in [2.75, 3.05) is 6.54 Å². The number of carbonyl (C=O) groups is 2. The number of rotatable bonds is 5. The summed E-state index contributed by atoms with van der Waals surface area (Å²) < 4.78 is 0. The first kappa shape index (κ1) is 32.7. The van der Waals surface area contributed by atoms with Crippen LogP contribution in [0, 0.1) is 22.0 Å². The van der Waals surface area contributed by atoms with Crippen LogP contribution in [0.3, 0.4) is 0 Å². The Labute approximate surface area is 160 Å². The predicted molar refractivity (Wildman–Crippen MR) is 78.7 cm³/mol. The standard InChI is InChI=1S/C6H12N2O3.C5H9NO.H2S.2W/c1-4(3-8(10)11)5(2)6(7)9;1-3-4(2)5(6)7;;;/h4-5H,3H2,1-2H3,(H2,7,9);3H,1-2H3,(H2,6,7);1H2;;/p-2/b;4-3-;;;. The first-order chi connectivity index (χ1) is 8.13. The molecule has 7 nitrogen and oxygen atoms in total. The van der Waals surface area contributed by atoms with Crippen LogP contribution in [0.1, 0.15) is 27.7 Å². The number of hydrogen-bond donors (Lipinski definition) is 0. The molecule has 0 aliphatic heterocycles. The molecular formula is C11H21N3O4SW2-2. The van der Waals surface area contributed by atoms with Gasteiger partial charge in [-0.1, -0.05) is 19.9 Å². The molecular weight excluding hydrogens is 638 g/mol. The van der Waals surface area contributed by atoms with Gasteiger partial charge in [-0.15, -0.1) is 0 Å². The molecule has 0 saturated carbocycles. The molecule has 2 unspecified atom stereocenters. The summed E-state index contributed by atoms with van der Waals surface area (Å²) in [7, 11) is 0. The van der Waals surface area contributed by atoms with Gasteiger partial charge in [0, 0.05) is 58.9 Å². The maximum absolute atomic E-state index is 10.4. The van der Waals surface area contributed by atoms with Crippen LogP contribution in [0.2, 0.25) is 0 Å². The van der Waals surface area contributed by atoms with Gasteiger partial charge in [0.25, 0.3) is 0 Å². The molecule has 0 aliphatic rings. The summed E-state index contributed by atoms with van der Waals surface area (Å²) in [6, 6.07) is 0. The molecule has 2 atom stereocenters. The van der Waals surface area contributed by atoms with Gasteiger partial charge in [-0.05, 0) is 19.4 Å². The molecule has 0 bridgehead atoms. The zero-order valence-electron chi connectivity index (χ0n) is 12.3. The number of carbonyl (C=O) groups excluding carboxylic acids is 2. The molecule has 0 saturated heterocycles. The van der Waals surface area contributed by atoms with Crippen LogP contribution < -0.4 is 0 Å². The number of hydrogen-bond acceptors (Lipinski definition) is 4. The minimum Gasteiger partial charge on any atom is -0.668 e. The molecule has 2 amide bonds. The second kappa shape index (κ2) is 17.9. The molecule has 0 radical (unpaired) electrons. The van der Waals surface area contributed by atoms with Crippen molar-refractivity contribution in [3.05, 3.63) is 33.2 Å². The van der Waals surface area contributed by atoms with Crippen LogP contribution in [0.15, 0.2) is 11.6 Å². The van der Waals surface area contributed by atoms with Gasteiger partial charge in [0.2, 0.25) is 6.54 Å². The minimum absolute atomic E-state index is 0. The topological polar surface area (TPSA) is 125 Å². The Kier molecular flexibility index (Phi) is 27.8. The maximum Gasteiger partial charge on any atom is 0.207 e. The van der Waals surface area contributed by atoms with E-state index < -0.39 is 22.7 Å². The van der Waals surface area contributed by atoms with E-state index >= 15 is 0 Å². The Morgan fingerprint density at radius 1 is 1.24 bits per heavy atom. The van der Waals surface area contributed by atoms with E-state index in [1.54, 1.807) is 26.8 Å². The number of nitro groups is 1. The van der Waals surface area contributed by atoms with Gasteiger partial charge in [-0.2, -0.15) is 13.5 Å². The van der Waals surface area contributed by atoms with E-state index in [4.69, 9.17) is 11.5 Å². The van der Waals surface area contributed by atoms with Gasteiger partial charge in [-0.3, -0.25) is 10.1 Å². The molecule has 0 spiro atoms. The summed E-state index contributed by atoms with van der Waals surface area (Å²) in [5, 5.41) is 9.97. The van der Waals surface area contributed by atoms with Crippen molar-refractivity contribution in [2.24, 2.45) is 11.8 Å². The first-order valence-electron chi connectivity index (χ1n) is 5.39. The zero-order valence-corrected chi connectivity index (χ0v) is 19.2. The quantitative estimate of drug-likeness (QED) is 0.256. The van der Waals surface area contributed by atoms with Crippen LogP contribution >= 0.6 is 13.5 Å². The Bertz CT molecular complexity index is 354. The van der Waals surface area contributed by atoms with Crippen LogP contribution in [-0.4, -0.2) is 23.3 Å². The van der Waals surface area contributed by atoms with E-state index in [0.717, 1.165) is 0 Å². The van der Waals surface area contributed by atoms with Crippen LogP contribution in [0.25, 0.3) is 11.5 Å². The van der Waals surface area contributed by atoms with Gasteiger partial charge in [0.05, 0.1) is 11.8 Å². The van der Waals surface area contributed by atoms with Crippen molar-refractivity contribution >= 4 is 25.3 Å². The SMILES string of the molecule is C/C=C(/C)C([NH-])=O.CC(C[N+](=O)[O-])C(C)C([NH-])=O.S.[W].[W]. The molecule has 0 fully saturated rings. The molecule has 0 aromatic rings. The summed E-state index contributed by atoms with van der Waals surface area (Å²) in [6.07, 6.45) is 1.62. The van der Waals surface area contributed by atoms with Crippen LogP contribution in [0.4, 0.5) is 0 Å². The average molecular weight is 659 g/mol. The summed E-state index contributed by atoms with van der Waals surface area (Å²) in [4.78, 5) is 29.9. The van der Waals surface area contributed by atoms with Crippen LogP contribution in [0.5, 0.6) is 0 Å². The molecule has 0 aromatic heterocycles. The molecule has 10 heteroatoms. The van der Waals surface area contributed by atoms with E-state index in [0.29, 0.717) is 5.57 Å². The van der Waals surface area contributed by atoms with E-state index in [2.05, 4.69) is 0 Å². The van der Waals surface area contributed by atoms with Gasteiger partial charge in [0.1, 0.15) is 0 Å². The Hall–Kier alpha value is -0.193. The zero-order chi connectivity index (χ0) is 14.9. The third-order valence-corrected chi connectivity index (χ3v) is 2.50. The number of amides is 2. The van der Waals surface area contributed by atoms with E-state index in [1.807, 2.05) is 0 Å². The predicted octanol–water partition coefficient (Wildman–Crippen LogP) is 2.75. The van der Waals surface area contributed by atoms with Crippen LogP contribution in [-0.2, 0) is 51.7 Å². The van der Waals surface area contributed by atoms with E-state index in [9.17, 15) is 19.7 Å². The van der Waals surface area contributed by atoms with Gasteiger partial charge in [-0.25, -0.2) is 0 Å². The van der Waals surface area contributed by atoms with E-state index in [-0.39, 0.29) is 68.1 Å². The normalized spacial score (nSPS) is 11.9. The van der Waals surface area contributed by atoms with Crippen molar-refractivity contribution < 1.29 is 56.6 Å². The third-order valence-electron chi connectivity index (χ3n) is 2.50. The monoisotopic (exact) mass is 659 g/mol. The first-order valence-corrected chi connectivity index (χ1v) is 5.39. The second-order valence-corrected chi connectivity index (χ2v) is 3.95. The summed E-state index contributed by atoms with van der Waals surface area (Å²) in [5.41, 5.74) is 13.7. The molecule has 0 heterocycles. The van der Waals surface area contributed by atoms with E-state index in [1.165, 1.54) is 6.92 Å². The molecule has 2 N–H and O–H groups in total. The Balaban J connectivity index is -0.0000000762. The third kappa shape index (κ3) is 19.8. The van der Waals surface area contributed by atoms with Gasteiger partial charge >= 0.3 is 0 Å². The molecule has 0 rings (SSSR count). The van der Waals surface area contributed by atoms with Crippen molar-refractivity contribution in [1.29, 1.82) is 0 Å². The number of allylic oxidation sites excluding steroid dienone is 1.